The highest BCUT2D eigenvalue weighted by Gasteiger charge is 2.21. The van der Waals surface area contributed by atoms with E-state index >= 15 is 0 Å². The monoisotopic (exact) mass is 565 g/mol. The molecule has 2 amide bonds. The fourth-order valence-corrected chi connectivity index (χ4v) is 4.75. The van der Waals surface area contributed by atoms with Gasteiger partial charge in [0.05, 0.1) is 12.2 Å². The lowest BCUT2D eigenvalue weighted by molar-refractivity contribution is 0.0947. The van der Waals surface area contributed by atoms with Gasteiger partial charge in [0.25, 0.3) is 11.8 Å². The Hall–Kier alpha value is -4.98. The molecule has 0 aliphatic carbocycles. The molecule has 5 aromatic rings. The van der Waals surface area contributed by atoms with Crippen LogP contribution in [0.15, 0.2) is 89.6 Å². The summed E-state index contributed by atoms with van der Waals surface area (Å²) >= 11 is 0. The van der Waals surface area contributed by atoms with Crippen LogP contribution in [0, 0.1) is 11.7 Å². The molecule has 42 heavy (non-hydrogen) atoms. The minimum Gasteiger partial charge on any atom is -0.493 e. The fourth-order valence-electron chi connectivity index (χ4n) is 4.75. The standard InChI is InChI=1S/C34H32FN3O4/c1-21(2)20-38-34(40)26-16-24(17-28(19-26)41-14-11-22-9-12-37-13-10-22)15-23-3-8-30-29(18-23)31(33(36)39)32(42-30)25-4-6-27(35)7-5-25/h3-10,12-13,16-19,21H,11,14-15,20H2,1-2H3,(H2,36,39)(H,38,40). The lowest BCUT2D eigenvalue weighted by Gasteiger charge is -2.13. The van der Waals surface area contributed by atoms with Gasteiger partial charge in [0, 0.05) is 41.9 Å². The number of rotatable bonds is 11. The van der Waals surface area contributed by atoms with Crippen molar-refractivity contribution in [2.75, 3.05) is 13.2 Å². The van der Waals surface area contributed by atoms with E-state index in [-0.39, 0.29) is 11.5 Å². The number of pyridine rings is 1. The summed E-state index contributed by atoms with van der Waals surface area (Å²) in [6, 6.07) is 20.7. The predicted molar refractivity (Wildman–Crippen MR) is 160 cm³/mol. The molecule has 8 heteroatoms. The van der Waals surface area contributed by atoms with Crippen LogP contribution in [0.5, 0.6) is 5.75 Å². The number of hydrogen-bond acceptors (Lipinski definition) is 5. The van der Waals surface area contributed by atoms with Crippen molar-refractivity contribution in [3.8, 4) is 17.1 Å². The van der Waals surface area contributed by atoms with Crippen molar-refractivity contribution < 1.29 is 23.1 Å². The molecule has 0 radical (unpaired) electrons. The molecule has 7 nitrogen and oxygen atoms in total. The second-order valence-electron chi connectivity index (χ2n) is 10.6. The maximum atomic E-state index is 13.5. The number of aromatic nitrogens is 1. The molecular formula is C34H32FN3O4. The van der Waals surface area contributed by atoms with Crippen LogP contribution in [0.1, 0.15) is 51.3 Å². The van der Waals surface area contributed by atoms with Crippen molar-refractivity contribution in [1.29, 1.82) is 0 Å². The molecule has 0 aliphatic rings. The van der Waals surface area contributed by atoms with E-state index < -0.39 is 11.7 Å². The van der Waals surface area contributed by atoms with E-state index in [4.69, 9.17) is 14.9 Å². The topological polar surface area (TPSA) is 107 Å². The number of hydrogen-bond donors (Lipinski definition) is 2. The van der Waals surface area contributed by atoms with Crippen LogP contribution in [-0.4, -0.2) is 29.9 Å². The van der Waals surface area contributed by atoms with Crippen molar-refractivity contribution in [3.05, 3.63) is 119 Å². The van der Waals surface area contributed by atoms with Gasteiger partial charge in [0.15, 0.2) is 0 Å². The summed E-state index contributed by atoms with van der Waals surface area (Å²) < 4.78 is 25.6. The number of benzene rings is 3. The first-order valence-electron chi connectivity index (χ1n) is 13.8. The molecule has 214 valence electrons. The van der Waals surface area contributed by atoms with Crippen LogP contribution in [0.2, 0.25) is 0 Å². The van der Waals surface area contributed by atoms with Gasteiger partial charge >= 0.3 is 0 Å². The van der Waals surface area contributed by atoms with Crippen LogP contribution in [0.4, 0.5) is 4.39 Å². The molecule has 0 unspecified atom stereocenters. The molecule has 0 fully saturated rings. The second kappa shape index (κ2) is 12.7. The van der Waals surface area contributed by atoms with Crippen LogP contribution in [0.3, 0.4) is 0 Å². The van der Waals surface area contributed by atoms with Crippen molar-refractivity contribution in [2.24, 2.45) is 11.7 Å². The summed E-state index contributed by atoms with van der Waals surface area (Å²) in [7, 11) is 0. The third kappa shape index (κ3) is 6.83. The number of furan rings is 1. The maximum absolute atomic E-state index is 13.5. The van der Waals surface area contributed by atoms with E-state index in [0.717, 1.165) is 16.7 Å². The van der Waals surface area contributed by atoms with E-state index in [1.165, 1.54) is 12.1 Å². The van der Waals surface area contributed by atoms with Gasteiger partial charge in [0.2, 0.25) is 0 Å². The van der Waals surface area contributed by atoms with Gasteiger partial charge in [-0.25, -0.2) is 4.39 Å². The van der Waals surface area contributed by atoms with Gasteiger partial charge in [-0.15, -0.1) is 0 Å². The average Bonchev–Trinajstić information content (AvgIpc) is 3.36. The number of halogens is 1. The number of carbonyl (C=O) groups excluding carboxylic acids is 2. The van der Waals surface area contributed by atoms with Gasteiger partial charge in [-0.05, 0) is 95.8 Å². The van der Waals surface area contributed by atoms with Crippen molar-refractivity contribution in [3.63, 3.8) is 0 Å². The molecule has 0 saturated heterocycles. The van der Waals surface area contributed by atoms with Crippen molar-refractivity contribution >= 4 is 22.8 Å². The largest absolute Gasteiger partial charge is 0.493 e. The fraction of sp³-hybridized carbons (Fsp3) is 0.206. The third-order valence-electron chi connectivity index (χ3n) is 6.82. The number of nitrogens with zero attached hydrogens (tertiary/aromatic N) is 1. The summed E-state index contributed by atoms with van der Waals surface area (Å²) in [5.41, 5.74) is 10.4. The van der Waals surface area contributed by atoms with E-state index in [2.05, 4.69) is 10.3 Å². The highest BCUT2D eigenvalue weighted by atomic mass is 19.1. The molecule has 3 N–H and O–H groups in total. The first-order valence-corrected chi connectivity index (χ1v) is 13.8. The summed E-state index contributed by atoms with van der Waals surface area (Å²) in [5, 5.41) is 3.54. The minimum atomic E-state index is -0.640. The van der Waals surface area contributed by atoms with Crippen molar-refractivity contribution in [1.82, 2.24) is 10.3 Å². The molecule has 2 aromatic heterocycles. The van der Waals surface area contributed by atoms with Crippen LogP contribution in [-0.2, 0) is 12.8 Å². The quantitative estimate of drug-likeness (QED) is 0.195. The Labute approximate surface area is 243 Å². The number of carbonyl (C=O) groups is 2. The van der Waals surface area contributed by atoms with Crippen molar-refractivity contribution in [2.45, 2.75) is 26.7 Å². The molecule has 0 bridgehead atoms. The van der Waals surface area contributed by atoms with E-state index in [1.54, 1.807) is 36.7 Å². The summed E-state index contributed by atoms with van der Waals surface area (Å²) in [5.74, 6) is 0.00174. The summed E-state index contributed by atoms with van der Waals surface area (Å²) in [4.78, 5) is 29.5. The van der Waals surface area contributed by atoms with Crippen LogP contribution >= 0.6 is 0 Å². The zero-order valence-electron chi connectivity index (χ0n) is 23.5. The third-order valence-corrected chi connectivity index (χ3v) is 6.82. The van der Waals surface area contributed by atoms with Crippen LogP contribution in [0.25, 0.3) is 22.3 Å². The molecule has 0 spiro atoms. The Balaban J connectivity index is 1.45. The second-order valence-corrected chi connectivity index (χ2v) is 10.6. The lowest BCUT2D eigenvalue weighted by Crippen LogP contribution is -2.27. The Morgan fingerprint density at radius 3 is 2.43 bits per heavy atom. The zero-order chi connectivity index (χ0) is 29.6. The number of fused-ring (bicyclic) bond motifs is 1. The minimum absolute atomic E-state index is 0.172. The molecular weight excluding hydrogens is 533 g/mol. The Bertz CT molecular complexity index is 1710. The first-order chi connectivity index (χ1) is 20.3. The number of nitrogens with two attached hydrogens (primary N) is 1. The smallest absolute Gasteiger partial charge is 0.253 e. The van der Waals surface area contributed by atoms with E-state index in [0.29, 0.717) is 65.5 Å². The SMILES string of the molecule is CC(C)CNC(=O)c1cc(Cc2ccc3oc(-c4ccc(F)cc4)c(C(N)=O)c3c2)cc(OCCc2ccncc2)c1. The Kier molecular flexibility index (Phi) is 8.62. The van der Waals surface area contributed by atoms with Gasteiger partial charge in [-0.1, -0.05) is 19.9 Å². The normalized spacial score (nSPS) is 11.1. The molecule has 0 atom stereocenters. The Morgan fingerprint density at radius 2 is 1.71 bits per heavy atom. The molecule has 0 aliphatic heterocycles. The van der Waals surface area contributed by atoms with Gasteiger partial charge in [-0.3, -0.25) is 14.6 Å². The summed E-state index contributed by atoms with van der Waals surface area (Å²) in [6.07, 6.45) is 4.66. The maximum Gasteiger partial charge on any atom is 0.253 e. The van der Waals surface area contributed by atoms with E-state index in [9.17, 15) is 14.0 Å². The molecule has 5 rings (SSSR count). The summed E-state index contributed by atoms with van der Waals surface area (Å²) in [6.45, 7) is 5.08. The highest BCUT2D eigenvalue weighted by Crippen LogP contribution is 2.34. The highest BCUT2D eigenvalue weighted by molar-refractivity contribution is 6.10. The van der Waals surface area contributed by atoms with E-state index in [1.807, 2.05) is 50.2 Å². The zero-order valence-corrected chi connectivity index (χ0v) is 23.5. The molecule has 0 saturated carbocycles. The lowest BCUT2D eigenvalue weighted by atomic mass is 9.99. The van der Waals surface area contributed by atoms with Gasteiger partial charge < -0.3 is 20.2 Å². The van der Waals surface area contributed by atoms with Gasteiger partial charge in [-0.2, -0.15) is 0 Å². The average molecular weight is 566 g/mol. The molecule has 3 aromatic carbocycles. The number of primary amides is 1. The number of nitrogens with one attached hydrogen (secondary N) is 1. The number of ether oxygens (including phenoxy) is 1. The molecule has 2 heterocycles. The Morgan fingerprint density at radius 1 is 0.952 bits per heavy atom. The van der Waals surface area contributed by atoms with Crippen LogP contribution < -0.4 is 15.8 Å². The van der Waals surface area contributed by atoms with Gasteiger partial charge in [0.1, 0.15) is 22.9 Å². The first kappa shape index (κ1) is 28.5. The predicted octanol–water partition coefficient (Wildman–Crippen LogP) is 6.33. The number of amides is 2.